The van der Waals surface area contributed by atoms with Crippen LogP contribution in [0.25, 0.3) is 0 Å². The van der Waals surface area contributed by atoms with Gasteiger partial charge < -0.3 is 15.4 Å². The maximum absolute atomic E-state index is 11.8. The van der Waals surface area contributed by atoms with Gasteiger partial charge >= 0.3 is 12.0 Å². The first-order valence-electron chi connectivity index (χ1n) is 6.74. The number of carbonyl (C=O) groups is 2. The first-order chi connectivity index (χ1) is 9.49. The quantitative estimate of drug-likeness (QED) is 0.642. The van der Waals surface area contributed by atoms with E-state index in [1.54, 1.807) is 6.07 Å². The minimum absolute atomic E-state index is 0.311. The fourth-order valence-corrected chi connectivity index (χ4v) is 1.98. The van der Waals surface area contributed by atoms with Crippen LogP contribution in [0.1, 0.15) is 41.3 Å². The molecule has 0 unspecified atom stereocenters. The molecule has 0 aromatic heterocycles. The smallest absolute Gasteiger partial charge is 0.340 e. The van der Waals surface area contributed by atoms with Crippen molar-refractivity contribution in [2.24, 2.45) is 0 Å². The Morgan fingerprint density at radius 2 is 1.95 bits per heavy atom. The van der Waals surface area contributed by atoms with Gasteiger partial charge in [0.25, 0.3) is 0 Å². The number of esters is 1. The summed E-state index contributed by atoms with van der Waals surface area (Å²) in [5, 5.41) is 5.47. The molecule has 0 aliphatic heterocycles. The van der Waals surface area contributed by atoms with Crippen LogP contribution in [0.5, 0.6) is 0 Å². The Bertz CT molecular complexity index is 498. The molecular weight excluding hydrogens is 256 g/mol. The van der Waals surface area contributed by atoms with E-state index in [-0.39, 0.29) is 6.03 Å². The molecule has 0 radical (unpaired) electrons. The largest absolute Gasteiger partial charge is 0.465 e. The number of hydrogen-bond donors (Lipinski definition) is 2. The van der Waals surface area contributed by atoms with Crippen LogP contribution in [-0.2, 0) is 4.74 Å². The van der Waals surface area contributed by atoms with Gasteiger partial charge in [-0.25, -0.2) is 9.59 Å². The van der Waals surface area contributed by atoms with E-state index < -0.39 is 5.97 Å². The van der Waals surface area contributed by atoms with E-state index in [1.807, 2.05) is 19.9 Å². The van der Waals surface area contributed by atoms with Crippen molar-refractivity contribution in [1.82, 2.24) is 5.32 Å². The van der Waals surface area contributed by atoms with Crippen LogP contribution in [0.15, 0.2) is 12.1 Å². The van der Waals surface area contributed by atoms with Gasteiger partial charge in [-0.3, -0.25) is 0 Å². The third-order valence-electron chi connectivity index (χ3n) is 2.93. The molecule has 0 bridgehead atoms. The number of hydrogen-bond acceptors (Lipinski definition) is 3. The predicted octanol–water partition coefficient (Wildman–Crippen LogP) is 3.01. The molecule has 1 aromatic rings. The topological polar surface area (TPSA) is 67.4 Å². The van der Waals surface area contributed by atoms with E-state index in [1.165, 1.54) is 7.11 Å². The van der Waals surface area contributed by atoms with Crippen LogP contribution in [0.4, 0.5) is 10.5 Å². The molecule has 0 atom stereocenters. The van der Waals surface area contributed by atoms with Crippen molar-refractivity contribution >= 4 is 17.7 Å². The Kier molecular flexibility index (Phi) is 6.03. The monoisotopic (exact) mass is 278 g/mol. The lowest BCUT2D eigenvalue weighted by Crippen LogP contribution is -2.30. The third-order valence-corrected chi connectivity index (χ3v) is 2.93. The number of ether oxygens (including phenoxy) is 1. The van der Waals surface area contributed by atoms with Gasteiger partial charge in [0.2, 0.25) is 0 Å². The molecule has 0 fully saturated rings. The SMILES string of the molecule is CCCCNC(=O)Nc1cc(C)cc(C)c1C(=O)OC. The molecule has 1 rings (SSSR count). The molecule has 20 heavy (non-hydrogen) atoms. The van der Waals surface area contributed by atoms with Gasteiger partial charge in [-0.1, -0.05) is 19.4 Å². The van der Waals surface area contributed by atoms with Crippen LogP contribution in [0.2, 0.25) is 0 Å². The van der Waals surface area contributed by atoms with Gasteiger partial charge in [-0.05, 0) is 37.5 Å². The van der Waals surface area contributed by atoms with E-state index >= 15 is 0 Å². The number of benzene rings is 1. The van der Waals surface area contributed by atoms with E-state index in [2.05, 4.69) is 17.6 Å². The second-order valence-electron chi connectivity index (χ2n) is 4.73. The molecule has 110 valence electrons. The highest BCUT2D eigenvalue weighted by molar-refractivity contribution is 6.02. The molecule has 0 saturated heterocycles. The maximum atomic E-state index is 11.8. The fraction of sp³-hybridized carbons (Fsp3) is 0.467. The van der Waals surface area contributed by atoms with Crippen molar-refractivity contribution in [3.63, 3.8) is 0 Å². The Hall–Kier alpha value is -2.04. The van der Waals surface area contributed by atoms with Crippen molar-refractivity contribution in [2.75, 3.05) is 19.0 Å². The van der Waals surface area contributed by atoms with Crippen LogP contribution in [0, 0.1) is 13.8 Å². The number of amides is 2. The summed E-state index contributed by atoms with van der Waals surface area (Å²) in [6.45, 7) is 6.40. The Morgan fingerprint density at radius 3 is 2.55 bits per heavy atom. The normalized spacial score (nSPS) is 10.0. The summed E-state index contributed by atoms with van der Waals surface area (Å²) in [6.07, 6.45) is 1.93. The molecule has 5 heteroatoms. The summed E-state index contributed by atoms with van der Waals surface area (Å²) >= 11 is 0. The Balaban J connectivity index is 2.92. The highest BCUT2D eigenvalue weighted by atomic mass is 16.5. The molecule has 0 spiro atoms. The number of nitrogens with one attached hydrogen (secondary N) is 2. The summed E-state index contributed by atoms with van der Waals surface area (Å²) in [4.78, 5) is 23.6. The van der Waals surface area contributed by atoms with Crippen molar-refractivity contribution in [2.45, 2.75) is 33.6 Å². The van der Waals surface area contributed by atoms with Crippen LogP contribution < -0.4 is 10.6 Å². The van der Waals surface area contributed by atoms with E-state index in [0.717, 1.165) is 24.0 Å². The maximum Gasteiger partial charge on any atom is 0.340 e. The molecule has 0 aliphatic rings. The van der Waals surface area contributed by atoms with Gasteiger partial charge in [0.15, 0.2) is 0 Å². The second kappa shape index (κ2) is 7.53. The number of carbonyl (C=O) groups excluding carboxylic acids is 2. The van der Waals surface area contributed by atoms with Crippen molar-refractivity contribution < 1.29 is 14.3 Å². The van der Waals surface area contributed by atoms with Crippen molar-refractivity contribution in [3.8, 4) is 0 Å². The molecule has 0 heterocycles. The van der Waals surface area contributed by atoms with E-state index in [9.17, 15) is 9.59 Å². The summed E-state index contributed by atoms with van der Waals surface area (Å²) in [5.41, 5.74) is 2.62. The molecule has 0 aliphatic carbocycles. The highest BCUT2D eigenvalue weighted by Gasteiger charge is 2.17. The number of rotatable bonds is 5. The zero-order valence-corrected chi connectivity index (χ0v) is 12.5. The standard InChI is InChI=1S/C15H22N2O3/c1-5-6-7-16-15(19)17-12-9-10(2)8-11(3)13(12)14(18)20-4/h8-9H,5-7H2,1-4H3,(H2,16,17,19). The minimum atomic E-state index is -0.452. The Morgan fingerprint density at radius 1 is 1.25 bits per heavy atom. The molecule has 2 N–H and O–H groups in total. The van der Waals surface area contributed by atoms with E-state index in [0.29, 0.717) is 17.8 Å². The predicted molar refractivity (Wildman–Crippen MR) is 79.2 cm³/mol. The molecule has 2 amide bonds. The number of methoxy groups -OCH3 is 1. The average Bonchev–Trinajstić information content (AvgIpc) is 2.37. The second-order valence-corrected chi connectivity index (χ2v) is 4.73. The lowest BCUT2D eigenvalue weighted by atomic mass is 10.0. The van der Waals surface area contributed by atoms with Crippen LogP contribution >= 0.6 is 0 Å². The van der Waals surface area contributed by atoms with Crippen LogP contribution in [0.3, 0.4) is 0 Å². The molecule has 5 nitrogen and oxygen atoms in total. The van der Waals surface area contributed by atoms with Gasteiger partial charge in [0, 0.05) is 6.54 Å². The number of anilines is 1. The summed E-state index contributed by atoms with van der Waals surface area (Å²) in [6, 6.07) is 3.33. The van der Waals surface area contributed by atoms with Crippen LogP contribution in [-0.4, -0.2) is 25.7 Å². The lowest BCUT2D eigenvalue weighted by Gasteiger charge is -2.14. The van der Waals surface area contributed by atoms with Gasteiger partial charge in [-0.15, -0.1) is 0 Å². The zero-order chi connectivity index (χ0) is 15.1. The molecule has 0 saturated carbocycles. The van der Waals surface area contributed by atoms with Gasteiger partial charge in [0.05, 0.1) is 18.4 Å². The lowest BCUT2D eigenvalue weighted by molar-refractivity contribution is 0.0601. The first kappa shape index (κ1) is 16.0. The summed E-state index contributed by atoms with van der Waals surface area (Å²) in [5.74, 6) is -0.452. The van der Waals surface area contributed by atoms with Gasteiger partial charge in [0.1, 0.15) is 0 Å². The average molecular weight is 278 g/mol. The third kappa shape index (κ3) is 4.26. The number of urea groups is 1. The van der Waals surface area contributed by atoms with Crippen molar-refractivity contribution in [1.29, 1.82) is 0 Å². The number of aryl methyl sites for hydroxylation is 2. The Labute approximate surface area is 119 Å². The highest BCUT2D eigenvalue weighted by Crippen LogP contribution is 2.23. The summed E-state index contributed by atoms with van der Waals surface area (Å²) < 4.78 is 4.77. The fourth-order valence-electron chi connectivity index (χ4n) is 1.98. The molecule has 1 aromatic carbocycles. The van der Waals surface area contributed by atoms with Gasteiger partial charge in [-0.2, -0.15) is 0 Å². The number of unbranched alkanes of at least 4 members (excludes halogenated alkanes) is 1. The zero-order valence-electron chi connectivity index (χ0n) is 12.5. The van der Waals surface area contributed by atoms with E-state index in [4.69, 9.17) is 4.74 Å². The van der Waals surface area contributed by atoms with Crippen molar-refractivity contribution in [3.05, 3.63) is 28.8 Å². The minimum Gasteiger partial charge on any atom is -0.465 e. The first-order valence-corrected chi connectivity index (χ1v) is 6.74. The molecular formula is C15H22N2O3. The summed E-state index contributed by atoms with van der Waals surface area (Å²) in [7, 11) is 1.33.